The van der Waals surface area contributed by atoms with Crippen LogP contribution in [-0.2, 0) is 14.8 Å². The van der Waals surface area contributed by atoms with E-state index in [1.165, 1.54) is 21.3 Å². The minimum absolute atomic E-state index is 0.101. The third kappa shape index (κ3) is 3.42. The highest BCUT2D eigenvalue weighted by molar-refractivity contribution is 7.89. The summed E-state index contributed by atoms with van der Waals surface area (Å²) in [6.07, 6.45) is 0. The Labute approximate surface area is 124 Å². The molecule has 1 aromatic carbocycles. The van der Waals surface area contributed by atoms with E-state index in [1.807, 2.05) is 0 Å². The molecule has 7 heteroatoms. The Morgan fingerprint density at radius 2 is 2.10 bits per heavy atom. The Morgan fingerprint density at radius 1 is 1.33 bits per heavy atom. The van der Waals surface area contributed by atoms with Crippen LogP contribution < -0.4 is 0 Å². The molecule has 0 saturated carbocycles. The first-order valence-corrected chi connectivity index (χ1v) is 7.83. The number of nitrogens with zero attached hydrogens (tertiary/aromatic N) is 2. The lowest BCUT2D eigenvalue weighted by Crippen LogP contribution is -2.50. The predicted molar refractivity (Wildman–Crippen MR) is 76.8 cm³/mol. The average molecular weight is 308 g/mol. The molecule has 112 valence electrons. The molecule has 1 aromatic rings. The number of sulfonamides is 1. The lowest BCUT2D eigenvalue weighted by atomic mass is 10.2. The SMILES string of the molecule is CN1CCN(S(=O)(=O)c2cccc(C#CCO)c2)CC1=O. The van der Waals surface area contributed by atoms with Gasteiger partial charge in [0.2, 0.25) is 15.9 Å². The summed E-state index contributed by atoms with van der Waals surface area (Å²) < 4.78 is 26.2. The van der Waals surface area contributed by atoms with Crippen LogP contribution in [0, 0.1) is 11.8 Å². The molecule has 0 spiro atoms. The maximum Gasteiger partial charge on any atom is 0.243 e. The molecule has 0 radical (unpaired) electrons. The maximum absolute atomic E-state index is 12.5. The van der Waals surface area contributed by atoms with Gasteiger partial charge in [0, 0.05) is 25.7 Å². The summed E-state index contributed by atoms with van der Waals surface area (Å²) >= 11 is 0. The van der Waals surface area contributed by atoms with Crippen LogP contribution in [0.5, 0.6) is 0 Å². The summed E-state index contributed by atoms with van der Waals surface area (Å²) in [7, 11) is -2.06. The van der Waals surface area contributed by atoms with Crippen molar-refractivity contribution in [2.75, 3.05) is 33.3 Å². The molecule has 1 fully saturated rings. The zero-order chi connectivity index (χ0) is 15.5. The second-order valence-corrected chi connectivity index (χ2v) is 6.58. The molecule has 0 unspecified atom stereocenters. The van der Waals surface area contributed by atoms with E-state index >= 15 is 0 Å². The Kier molecular flexibility index (Phi) is 4.63. The van der Waals surface area contributed by atoms with Crippen LogP contribution >= 0.6 is 0 Å². The van der Waals surface area contributed by atoms with Gasteiger partial charge in [-0.05, 0) is 18.2 Å². The zero-order valence-corrected chi connectivity index (χ0v) is 12.4. The smallest absolute Gasteiger partial charge is 0.243 e. The van der Waals surface area contributed by atoms with Crippen LogP contribution in [-0.4, -0.2) is 61.9 Å². The van der Waals surface area contributed by atoms with Gasteiger partial charge >= 0.3 is 0 Å². The van der Waals surface area contributed by atoms with E-state index in [0.29, 0.717) is 12.1 Å². The fourth-order valence-corrected chi connectivity index (χ4v) is 3.39. The van der Waals surface area contributed by atoms with Gasteiger partial charge in [0.05, 0.1) is 11.4 Å². The number of piperazine rings is 1. The van der Waals surface area contributed by atoms with E-state index in [1.54, 1.807) is 19.2 Å². The Hall–Kier alpha value is -1.88. The Balaban J connectivity index is 2.29. The minimum atomic E-state index is -3.71. The third-order valence-electron chi connectivity index (χ3n) is 3.21. The molecule has 1 heterocycles. The van der Waals surface area contributed by atoms with Crippen molar-refractivity contribution in [3.05, 3.63) is 29.8 Å². The van der Waals surface area contributed by atoms with E-state index in [-0.39, 0.29) is 30.5 Å². The molecule has 0 aromatic heterocycles. The third-order valence-corrected chi connectivity index (χ3v) is 5.05. The fourth-order valence-electron chi connectivity index (χ4n) is 1.97. The quantitative estimate of drug-likeness (QED) is 0.747. The largest absolute Gasteiger partial charge is 0.384 e. The molecule has 1 amide bonds. The molecule has 1 aliphatic heterocycles. The molecule has 0 atom stereocenters. The molecule has 6 nitrogen and oxygen atoms in total. The van der Waals surface area contributed by atoms with Crippen LogP contribution in [0.15, 0.2) is 29.2 Å². The van der Waals surface area contributed by atoms with Crippen molar-refractivity contribution in [2.24, 2.45) is 0 Å². The molecular weight excluding hydrogens is 292 g/mol. The first-order valence-electron chi connectivity index (χ1n) is 6.39. The van der Waals surface area contributed by atoms with Crippen molar-refractivity contribution in [2.45, 2.75) is 4.90 Å². The lowest BCUT2D eigenvalue weighted by molar-refractivity contribution is -0.132. The van der Waals surface area contributed by atoms with Crippen LogP contribution in [0.4, 0.5) is 0 Å². The van der Waals surface area contributed by atoms with Crippen molar-refractivity contribution in [3.63, 3.8) is 0 Å². The van der Waals surface area contributed by atoms with E-state index in [2.05, 4.69) is 11.8 Å². The summed E-state index contributed by atoms with van der Waals surface area (Å²) in [5.74, 6) is 4.92. The number of aliphatic hydroxyl groups is 1. The minimum Gasteiger partial charge on any atom is -0.384 e. The normalized spacial score (nSPS) is 16.5. The first kappa shape index (κ1) is 15.5. The highest BCUT2D eigenvalue weighted by Gasteiger charge is 2.31. The molecule has 1 N–H and O–H groups in total. The second kappa shape index (κ2) is 6.26. The number of hydrogen-bond acceptors (Lipinski definition) is 4. The number of likely N-dealkylation sites (N-methyl/N-ethyl adjacent to an activating group) is 1. The van der Waals surface area contributed by atoms with E-state index in [4.69, 9.17) is 5.11 Å². The van der Waals surface area contributed by atoms with E-state index in [0.717, 1.165) is 0 Å². The van der Waals surface area contributed by atoms with Gasteiger partial charge in [0.1, 0.15) is 6.61 Å². The number of amides is 1. The van der Waals surface area contributed by atoms with Gasteiger partial charge in [-0.15, -0.1) is 0 Å². The molecule has 1 saturated heterocycles. The van der Waals surface area contributed by atoms with Gasteiger partial charge in [0.15, 0.2) is 0 Å². The van der Waals surface area contributed by atoms with Crippen LogP contribution in [0.1, 0.15) is 5.56 Å². The van der Waals surface area contributed by atoms with Gasteiger partial charge in [0.25, 0.3) is 0 Å². The molecule has 0 aliphatic carbocycles. The van der Waals surface area contributed by atoms with Crippen LogP contribution in [0.3, 0.4) is 0 Å². The molecule has 0 bridgehead atoms. The number of benzene rings is 1. The van der Waals surface area contributed by atoms with Crippen LogP contribution in [0.2, 0.25) is 0 Å². The molecule has 2 rings (SSSR count). The summed E-state index contributed by atoms with van der Waals surface area (Å²) in [6, 6.07) is 6.17. The molecular formula is C14H16N2O4S. The standard InChI is InChI=1S/C14H16N2O4S/c1-15-7-8-16(11-14(15)18)21(19,20)13-6-2-4-12(10-13)5-3-9-17/h2,4,6,10,17H,7-9,11H2,1H3. The highest BCUT2D eigenvalue weighted by Crippen LogP contribution is 2.18. The summed E-state index contributed by atoms with van der Waals surface area (Å²) in [5, 5.41) is 8.67. The first-order chi connectivity index (χ1) is 9.95. The topological polar surface area (TPSA) is 77.9 Å². The molecule has 1 aliphatic rings. The predicted octanol–water partition coefficient (Wildman–Crippen LogP) is -0.507. The van der Waals surface area contributed by atoms with E-state index < -0.39 is 10.0 Å². The van der Waals surface area contributed by atoms with Crippen molar-refractivity contribution >= 4 is 15.9 Å². The number of hydrogen-bond donors (Lipinski definition) is 1. The number of aliphatic hydroxyl groups excluding tert-OH is 1. The molecule has 21 heavy (non-hydrogen) atoms. The van der Waals surface area contributed by atoms with Crippen LogP contribution in [0.25, 0.3) is 0 Å². The van der Waals surface area contributed by atoms with Gasteiger partial charge in [-0.25, -0.2) is 8.42 Å². The van der Waals surface area contributed by atoms with Crippen molar-refractivity contribution in [1.29, 1.82) is 0 Å². The number of carbonyl (C=O) groups excluding carboxylic acids is 1. The van der Waals surface area contributed by atoms with Crippen molar-refractivity contribution < 1.29 is 18.3 Å². The maximum atomic E-state index is 12.5. The Morgan fingerprint density at radius 3 is 2.76 bits per heavy atom. The Bertz CT molecular complexity index is 703. The van der Waals surface area contributed by atoms with Gasteiger partial charge in [-0.3, -0.25) is 4.79 Å². The number of rotatable bonds is 2. The van der Waals surface area contributed by atoms with Gasteiger partial charge < -0.3 is 10.0 Å². The lowest BCUT2D eigenvalue weighted by Gasteiger charge is -2.31. The zero-order valence-electron chi connectivity index (χ0n) is 11.6. The highest BCUT2D eigenvalue weighted by atomic mass is 32.2. The van der Waals surface area contributed by atoms with Crippen molar-refractivity contribution in [3.8, 4) is 11.8 Å². The number of carbonyl (C=O) groups is 1. The van der Waals surface area contributed by atoms with E-state index in [9.17, 15) is 13.2 Å². The van der Waals surface area contributed by atoms with Crippen molar-refractivity contribution in [1.82, 2.24) is 9.21 Å². The second-order valence-electron chi connectivity index (χ2n) is 4.64. The summed E-state index contributed by atoms with van der Waals surface area (Å²) in [4.78, 5) is 13.3. The fraction of sp³-hybridized carbons (Fsp3) is 0.357. The summed E-state index contributed by atoms with van der Waals surface area (Å²) in [5.41, 5.74) is 0.505. The monoisotopic (exact) mass is 308 g/mol. The van der Waals surface area contributed by atoms with Gasteiger partial charge in [-0.1, -0.05) is 17.9 Å². The summed E-state index contributed by atoms with van der Waals surface area (Å²) in [6.45, 7) is 0.217. The van der Waals surface area contributed by atoms with Gasteiger partial charge in [-0.2, -0.15) is 4.31 Å². The average Bonchev–Trinajstić information content (AvgIpc) is 2.48.